The molecule has 8 saturated carbocycles. The summed E-state index contributed by atoms with van der Waals surface area (Å²) in [4.78, 5) is 2.84. The second kappa shape index (κ2) is 37.7. The summed E-state index contributed by atoms with van der Waals surface area (Å²) >= 11 is 0. The van der Waals surface area contributed by atoms with Gasteiger partial charge >= 0.3 is 0 Å². The number of rotatable bonds is 32. The molecule has 0 aromatic rings. The molecular weight excluding hydrogens is 1310 g/mol. The number of ether oxygens (including phenoxy) is 8. The van der Waals surface area contributed by atoms with Gasteiger partial charge in [-0.2, -0.15) is 0 Å². The average molecular weight is 1470 g/mol. The van der Waals surface area contributed by atoms with Crippen LogP contribution in [0.3, 0.4) is 0 Å². The minimum Gasteiger partial charge on any atom is -0.378 e. The van der Waals surface area contributed by atoms with E-state index in [1.165, 1.54) is 77.0 Å². The van der Waals surface area contributed by atoms with Crippen molar-refractivity contribution >= 4 is 0 Å². The van der Waals surface area contributed by atoms with Gasteiger partial charge in [0.25, 0.3) is 0 Å². The van der Waals surface area contributed by atoms with Crippen LogP contribution in [-0.4, -0.2) is 188 Å². The molecule has 8 aliphatic carbocycles. The van der Waals surface area contributed by atoms with Gasteiger partial charge in [-0.25, -0.2) is 0 Å². The molecular formula is C87H156N10O8. The second-order valence-electron chi connectivity index (χ2n) is 37.5. The van der Waals surface area contributed by atoms with Crippen LogP contribution in [0.1, 0.15) is 261 Å². The van der Waals surface area contributed by atoms with E-state index in [4.69, 9.17) is 75.1 Å². The van der Waals surface area contributed by atoms with E-state index >= 15 is 0 Å². The molecule has 602 valence electrons. The van der Waals surface area contributed by atoms with Gasteiger partial charge in [0.05, 0.1) is 98.2 Å². The smallest absolute Gasteiger partial charge is 0.0792 e. The topological polar surface area (TPSA) is 185 Å². The van der Waals surface area contributed by atoms with E-state index in [1.807, 2.05) is 0 Å². The lowest BCUT2D eigenvalue weighted by Gasteiger charge is -2.57. The zero-order chi connectivity index (χ0) is 72.1. The molecule has 18 heteroatoms. The Morgan fingerprint density at radius 1 is 0.257 bits per heavy atom. The summed E-state index contributed by atoms with van der Waals surface area (Å²) in [5.74, 6) is 6.32. The standard InChI is InChI=1S/C87H156N10O8/c1-10-18-40-98-72-56-36-30-38-88-70(56)78(104-46-24-16-7)67-66(72)82-90-80-62-64(76(102-44-22-14-5)60-50-54-34-28-26-32-52(54)48-58(60)74(62)100-42-20-12-3)84(93-80)95-86-68-69(79(105-47-25-17-8)71-57(37-31-39-89-71)73(68)99-41-19-11-2)87(97(86)9)96-85-65-63(81(94-85)91-83(67)92-82)75(101-43-21-13-4)59-49-53-33-27-29-35-55(53)51-61(59)77(65)103-45-23-15-6/h52-96H,10-51H2,1-9H3. The SMILES string of the molecule is CCCCOC1C2CC3CCCCC3CC2C(OCCCC)C2C3NC(NC4NC(NC5NC(NC6C7C(OCCCC)C8NCCCC8C(OCCCC)C7C(N3)N6C)C3C(OCCCC)C6CC7CCCCC7CC6C(OCCCC)C53)C3C(OCCCC)C5NCCCC5C(OCCCC)C43)C12. The third-order valence-corrected chi connectivity index (χ3v) is 31.6. The highest BCUT2D eigenvalue weighted by molar-refractivity contribution is 5.21. The Labute approximate surface area is 638 Å². The van der Waals surface area contributed by atoms with Crippen molar-refractivity contribution in [2.75, 3.05) is 73.0 Å². The Morgan fingerprint density at radius 2 is 0.486 bits per heavy atom. The molecule has 0 radical (unpaired) electrons. The molecule has 105 heavy (non-hydrogen) atoms. The maximum Gasteiger partial charge on any atom is 0.0792 e. The summed E-state index contributed by atoms with van der Waals surface area (Å²) in [6.07, 6.45) is 37.6. The molecule has 36 unspecified atom stereocenters. The Kier molecular flexibility index (Phi) is 28.6. The van der Waals surface area contributed by atoms with Gasteiger partial charge in [0, 0.05) is 124 Å². The molecule has 0 aromatic carbocycles. The van der Waals surface area contributed by atoms with Gasteiger partial charge < -0.3 is 48.5 Å². The first-order valence-electron chi connectivity index (χ1n) is 46.2. The van der Waals surface area contributed by atoms with Crippen molar-refractivity contribution in [1.82, 2.24) is 52.8 Å². The Hall–Kier alpha value is -0.720. The van der Waals surface area contributed by atoms with Crippen molar-refractivity contribution in [1.29, 1.82) is 0 Å². The second-order valence-corrected chi connectivity index (χ2v) is 37.5. The third kappa shape index (κ3) is 16.3. The molecule has 9 N–H and O–H groups in total. The molecule has 7 saturated heterocycles. The van der Waals surface area contributed by atoms with E-state index in [9.17, 15) is 0 Å². The predicted molar refractivity (Wildman–Crippen MR) is 417 cm³/mol. The zero-order valence-electron chi connectivity index (χ0n) is 67.7. The number of fused-ring (bicyclic) bond motifs is 26. The first-order chi connectivity index (χ1) is 51.7. The van der Waals surface area contributed by atoms with Crippen molar-refractivity contribution in [3.05, 3.63) is 0 Å². The summed E-state index contributed by atoms with van der Waals surface area (Å²) in [7, 11) is 2.52. The number of piperidine rings is 2. The lowest BCUT2D eigenvalue weighted by Crippen LogP contribution is -2.68. The van der Waals surface area contributed by atoms with Crippen LogP contribution in [0.15, 0.2) is 0 Å². The molecule has 7 aliphatic heterocycles. The summed E-state index contributed by atoms with van der Waals surface area (Å²) < 4.78 is 62.7. The molecule has 0 spiro atoms. The molecule has 0 aromatic heterocycles. The fourth-order valence-electron chi connectivity index (χ4n) is 26.8. The molecule has 8 bridgehead atoms. The van der Waals surface area contributed by atoms with Crippen LogP contribution in [0.5, 0.6) is 0 Å². The average Bonchev–Trinajstić information content (AvgIpc) is 1.57. The Balaban J connectivity index is 0.932. The third-order valence-electron chi connectivity index (χ3n) is 31.6. The van der Waals surface area contributed by atoms with E-state index in [2.05, 4.69) is 78.0 Å². The first-order valence-corrected chi connectivity index (χ1v) is 46.2. The van der Waals surface area contributed by atoms with Crippen LogP contribution in [-0.2, 0) is 37.9 Å². The van der Waals surface area contributed by atoms with Crippen molar-refractivity contribution < 1.29 is 37.9 Å². The lowest BCUT2D eigenvalue weighted by molar-refractivity contribution is -0.188. The van der Waals surface area contributed by atoms with Crippen molar-refractivity contribution in [2.45, 2.75) is 371 Å². The van der Waals surface area contributed by atoms with E-state index in [-0.39, 0.29) is 158 Å². The van der Waals surface area contributed by atoms with Crippen LogP contribution in [0.4, 0.5) is 0 Å². The van der Waals surface area contributed by atoms with Crippen molar-refractivity contribution in [2.24, 2.45) is 107 Å². The first kappa shape index (κ1) is 79.5. The van der Waals surface area contributed by atoms with Crippen molar-refractivity contribution in [3.63, 3.8) is 0 Å². The van der Waals surface area contributed by atoms with Gasteiger partial charge in [0.15, 0.2) is 0 Å². The molecule has 15 fully saturated rings. The fourth-order valence-corrected chi connectivity index (χ4v) is 26.8. The molecule has 15 rings (SSSR count). The van der Waals surface area contributed by atoms with E-state index in [0.29, 0.717) is 35.5 Å². The number of nitrogens with zero attached hydrogens (tertiary/aromatic N) is 1. The van der Waals surface area contributed by atoms with Gasteiger partial charge in [0.2, 0.25) is 0 Å². The van der Waals surface area contributed by atoms with Crippen molar-refractivity contribution in [3.8, 4) is 0 Å². The largest absolute Gasteiger partial charge is 0.378 e. The van der Waals surface area contributed by atoms with Gasteiger partial charge in [-0.1, -0.05) is 158 Å². The van der Waals surface area contributed by atoms with Gasteiger partial charge in [0.1, 0.15) is 0 Å². The number of hydrogen-bond acceptors (Lipinski definition) is 18. The molecule has 0 amide bonds. The van der Waals surface area contributed by atoms with Crippen LogP contribution in [0, 0.1) is 107 Å². The van der Waals surface area contributed by atoms with Crippen LogP contribution in [0.2, 0.25) is 0 Å². The van der Waals surface area contributed by atoms with Gasteiger partial charge in [-0.05, 0) is 170 Å². The van der Waals surface area contributed by atoms with Gasteiger partial charge in [-0.3, -0.25) is 42.1 Å². The highest BCUT2D eigenvalue weighted by Gasteiger charge is 2.70. The minimum atomic E-state index is -0.119. The Morgan fingerprint density at radius 3 is 0.771 bits per heavy atom. The summed E-state index contributed by atoms with van der Waals surface area (Å²) in [6.45, 7) is 27.1. The fraction of sp³-hybridized carbons (Fsp3) is 1.00. The highest BCUT2D eigenvalue weighted by Crippen LogP contribution is 2.61. The molecule has 7 heterocycles. The van der Waals surface area contributed by atoms with Crippen LogP contribution in [0.25, 0.3) is 0 Å². The molecule has 36 atom stereocenters. The predicted octanol–water partition coefficient (Wildman–Crippen LogP) is 12.6. The Bertz CT molecular complexity index is 2440. The number of nitrogens with one attached hydrogen (secondary N) is 9. The number of unbranched alkanes of at least 4 members (excludes halogenated alkanes) is 8. The van der Waals surface area contributed by atoms with E-state index < -0.39 is 0 Å². The quantitative estimate of drug-likeness (QED) is 0.0290. The zero-order valence-corrected chi connectivity index (χ0v) is 67.7. The monoisotopic (exact) mass is 1470 g/mol. The van der Waals surface area contributed by atoms with Crippen LogP contribution < -0.4 is 47.9 Å². The highest BCUT2D eigenvalue weighted by atomic mass is 16.5. The maximum atomic E-state index is 7.91. The van der Waals surface area contributed by atoms with Crippen LogP contribution >= 0.6 is 0 Å². The minimum absolute atomic E-state index is 0.0179. The molecule has 15 aliphatic rings. The normalized spacial score (nSPS) is 47.6. The van der Waals surface area contributed by atoms with E-state index in [1.54, 1.807) is 0 Å². The number of hydrogen-bond donors (Lipinski definition) is 9. The molecule has 18 nitrogen and oxygen atoms in total. The summed E-state index contributed by atoms with van der Waals surface area (Å²) in [6, 6.07) is 0.370. The lowest BCUT2D eigenvalue weighted by atomic mass is 9.54. The summed E-state index contributed by atoms with van der Waals surface area (Å²) in [5, 5.41) is 42.1. The summed E-state index contributed by atoms with van der Waals surface area (Å²) in [5.41, 5.74) is 0. The maximum absolute atomic E-state index is 7.91. The van der Waals surface area contributed by atoms with E-state index in [0.717, 1.165) is 218 Å². The van der Waals surface area contributed by atoms with Gasteiger partial charge in [-0.15, -0.1) is 0 Å².